The molecular weight excluding hydrogens is 297 g/mol. The first kappa shape index (κ1) is 15.8. The average Bonchev–Trinajstić information content (AvgIpc) is 2.69. The minimum absolute atomic E-state index is 0.189. The Bertz CT molecular complexity index is 639. The third-order valence-electron chi connectivity index (χ3n) is 3.04. The number of thiazole rings is 1. The van der Waals surface area contributed by atoms with E-state index in [1.807, 2.05) is 20.8 Å². The maximum atomic E-state index is 12.7. The second kappa shape index (κ2) is 5.33. The summed E-state index contributed by atoms with van der Waals surface area (Å²) in [5.74, 6) is 0. The van der Waals surface area contributed by atoms with Crippen LogP contribution in [-0.4, -0.2) is 4.98 Å². The average molecular weight is 314 g/mol. The van der Waals surface area contributed by atoms with Crippen molar-refractivity contribution in [2.24, 2.45) is 0 Å². The monoisotopic (exact) mass is 314 g/mol. The van der Waals surface area contributed by atoms with Gasteiger partial charge in [-0.15, -0.1) is 11.3 Å². The van der Waals surface area contributed by atoms with Crippen LogP contribution in [0.1, 0.15) is 42.5 Å². The van der Waals surface area contributed by atoms with Crippen LogP contribution in [-0.2, 0) is 18.0 Å². The number of rotatable bonds is 2. The predicted octanol–water partition coefficient (Wildman–Crippen LogP) is 4.63. The van der Waals surface area contributed by atoms with E-state index in [9.17, 15) is 13.2 Å². The molecule has 2 N–H and O–H groups in total. The number of hydrogen-bond acceptors (Lipinski definition) is 3. The normalized spacial score (nSPS) is 12.7. The Morgan fingerprint density at radius 3 is 2.43 bits per heavy atom. The molecule has 2 nitrogen and oxygen atoms in total. The number of halogens is 3. The summed E-state index contributed by atoms with van der Waals surface area (Å²) in [5, 5.41) is 0.446. The lowest BCUT2D eigenvalue weighted by Gasteiger charge is -2.17. The van der Waals surface area contributed by atoms with Gasteiger partial charge in [-0.2, -0.15) is 13.2 Å². The summed E-state index contributed by atoms with van der Waals surface area (Å²) in [6.07, 6.45) is -3.92. The lowest BCUT2D eigenvalue weighted by molar-refractivity contribution is -0.137. The van der Waals surface area contributed by atoms with Gasteiger partial charge in [-0.1, -0.05) is 39.0 Å². The maximum Gasteiger partial charge on any atom is 0.416 e. The third kappa shape index (κ3) is 3.75. The topological polar surface area (TPSA) is 38.9 Å². The van der Waals surface area contributed by atoms with Gasteiger partial charge in [-0.25, -0.2) is 4.98 Å². The van der Waals surface area contributed by atoms with Crippen LogP contribution >= 0.6 is 11.3 Å². The van der Waals surface area contributed by atoms with Gasteiger partial charge in [-0.3, -0.25) is 0 Å². The largest absolute Gasteiger partial charge is 0.416 e. The second-order valence-corrected chi connectivity index (χ2v) is 7.06. The molecule has 0 fully saturated rings. The zero-order valence-electron chi connectivity index (χ0n) is 12.1. The van der Waals surface area contributed by atoms with Crippen LogP contribution in [0.3, 0.4) is 0 Å². The number of nitrogens with two attached hydrogens (primary N) is 1. The molecule has 0 spiro atoms. The molecular formula is C15H17F3N2S. The highest BCUT2D eigenvalue weighted by Crippen LogP contribution is 2.34. The first-order valence-corrected chi connectivity index (χ1v) is 7.31. The lowest BCUT2D eigenvalue weighted by Crippen LogP contribution is -2.14. The van der Waals surface area contributed by atoms with Crippen molar-refractivity contribution < 1.29 is 13.2 Å². The van der Waals surface area contributed by atoms with Crippen molar-refractivity contribution >= 4 is 16.5 Å². The summed E-state index contributed by atoms with van der Waals surface area (Å²) >= 11 is 1.33. The SMILES string of the molecule is CC(C)(C)c1nc(N)sc1Cc1cccc(C(F)(F)F)c1. The quantitative estimate of drug-likeness (QED) is 0.877. The Hall–Kier alpha value is -1.56. The third-order valence-corrected chi connectivity index (χ3v) is 3.93. The first-order valence-electron chi connectivity index (χ1n) is 6.49. The van der Waals surface area contributed by atoms with Crippen LogP contribution in [0.2, 0.25) is 0 Å². The number of anilines is 1. The molecule has 1 heterocycles. The smallest absolute Gasteiger partial charge is 0.375 e. The highest BCUT2D eigenvalue weighted by atomic mass is 32.1. The number of hydrogen-bond donors (Lipinski definition) is 1. The molecule has 0 amide bonds. The van der Waals surface area contributed by atoms with E-state index in [0.717, 1.165) is 16.6 Å². The van der Waals surface area contributed by atoms with Gasteiger partial charge in [0.15, 0.2) is 5.13 Å². The van der Waals surface area contributed by atoms with E-state index in [4.69, 9.17) is 5.73 Å². The Kier molecular flexibility index (Phi) is 4.02. The van der Waals surface area contributed by atoms with E-state index in [-0.39, 0.29) is 5.41 Å². The molecule has 0 saturated heterocycles. The number of nitrogen functional groups attached to an aromatic ring is 1. The van der Waals surface area contributed by atoms with E-state index in [2.05, 4.69) is 4.98 Å². The number of alkyl halides is 3. The molecule has 0 atom stereocenters. The molecule has 0 bridgehead atoms. The summed E-state index contributed by atoms with van der Waals surface area (Å²) in [7, 11) is 0. The van der Waals surface area contributed by atoms with Gasteiger partial charge in [0.05, 0.1) is 11.3 Å². The van der Waals surface area contributed by atoms with Crippen molar-refractivity contribution in [1.29, 1.82) is 0 Å². The van der Waals surface area contributed by atoms with Gasteiger partial charge in [0.2, 0.25) is 0 Å². The zero-order chi connectivity index (χ0) is 15.8. The molecule has 21 heavy (non-hydrogen) atoms. The molecule has 0 radical (unpaired) electrons. The van der Waals surface area contributed by atoms with Crippen molar-refractivity contribution in [2.45, 2.75) is 38.8 Å². The molecule has 0 aliphatic rings. The van der Waals surface area contributed by atoms with Gasteiger partial charge in [0.1, 0.15) is 0 Å². The number of nitrogens with zero attached hydrogens (tertiary/aromatic N) is 1. The summed E-state index contributed by atoms with van der Waals surface area (Å²) in [6, 6.07) is 5.38. The second-order valence-electron chi connectivity index (χ2n) is 5.95. The van der Waals surface area contributed by atoms with Crippen LogP contribution in [0.4, 0.5) is 18.3 Å². The molecule has 0 aliphatic carbocycles. The maximum absolute atomic E-state index is 12.7. The number of aromatic nitrogens is 1. The molecule has 0 saturated carbocycles. The van der Waals surface area contributed by atoms with Gasteiger partial charge in [0, 0.05) is 16.7 Å². The van der Waals surface area contributed by atoms with Crippen molar-refractivity contribution in [2.75, 3.05) is 5.73 Å². The van der Waals surface area contributed by atoms with Crippen LogP contribution in [0.15, 0.2) is 24.3 Å². The molecule has 114 valence electrons. The fourth-order valence-corrected chi connectivity index (χ4v) is 3.20. The van der Waals surface area contributed by atoms with Crippen molar-refractivity contribution in [3.8, 4) is 0 Å². The molecule has 0 aliphatic heterocycles. The number of benzene rings is 1. The van der Waals surface area contributed by atoms with E-state index in [0.29, 0.717) is 17.1 Å². The first-order chi connectivity index (χ1) is 9.57. The standard InChI is InChI=1S/C15H17F3N2S/c1-14(2,3)12-11(21-13(19)20-12)8-9-5-4-6-10(7-9)15(16,17)18/h4-7H,8H2,1-3H3,(H2,19,20). The molecule has 6 heteroatoms. The predicted molar refractivity (Wildman–Crippen MR) is 79.5 cm³/mol. The van der Waals surface area contributed by atoms with Gasteiger partial charge >= 0.3 is 6.18 Å². The summed E-state index contributed by atoms with van der Waals surface area (Å²) in [4.78, 5) is 5.24. The van der Waals surface area contributed by atoms with E-state index in [1.165, 1.54) is 23.5 Å². The van der Waals surface area contributed by atoms with Crippen LogP contribution in [0.25, 0.3) is 0 Å². The Balaban J connectivity index is 2.35. The molecule has 1 aromatic carbocycles. The fourth-order valence-electron chi connectivity index (χ4n) is 2.12. The highest BCUT2D eigenvalue weighted by Gasteiger charge is 2.30. The van der Waals surface area contributed by atoms with E-state index in [1.54, 1.807) is 6.07 Å². The molecule has 1 aromatic heterocycles. The Morgan fingerprint density at radius 1 is 1.19 bits per heavy atom. The van der Waals surface area contributed by atoms with Gasteiger partial charge in [-0.05, 0) is 11.6 Å². The Morgan fingerprint density at radius 2 is 1.86 bits per heavy atom. The van der Waals surface area contributed by atoms with E-state index < -0.39 is 11.7 Å². The Labute approximate surface area is 125 Å². The minimum atomic E-state index is -4.32. The van der Waals surface area contributed by atoms with Crippen LogP contribution < -0.4 is 5.73 Å². The summed E-state index contributed by atoms with van der Waals surface area (Å²) in [5.41, 5.74) is 6.40. The highest BCUT2D eigenvalue weighted by molar-refractivity contribution is 7.15. The van der Waals surface area contributed by atoms with Gasteiger partial charge in [0.25, 0.3) is 0 Å². The molecule has 2 aromatic rings. The van der Waals surface area contributed by atoms with Crippen molar-refractivity contribution in [3.05, 3.63) is 46.0 Å². The van der Waals surface area contributed by atoms with Crippen molar-refractivity contribution in [1.82, 2.24) is 4.98 Å². The van der Waals surface area contributed by atoms with Crippen LogP contribution in [0, 0.1) is 0 Å². The molecule has 2 rings (SSSR count). The molecule has 0 unspecified atom stereocenters. The zero-order valence-corrected chi connectivity index (χ0v) is 12.9. The minimum Gasteiger partial charge on any atom is -0.375 e. The fraction of sp³-hybridized carbons (Fsp3) is 0.400. The lowest BCUT2D eigenvalue weighted by atomic mass is 9.90. The van der Waals surface area contributed by atoms with E-state index >= 15 is 0 Å². The van der Waals surface area contributed by atoms with Crippen LogP contribution in [0.5, 0.6) is 0 Å². The summed E-state index contributed by atoms with van der Waals surface area (Å²) < 4.78 is 38.2. The summed E-state index contributed by atoms with van der Waals surface area (Å²) in [6.45, 7) is 6.03. The van der Waals surface area contributed by atoms with Gasteiger partial charge < -0.3 is 5.73 Å². The van der Waals surface area contributed by atoms with Crippen molar-refractivity contribution in [3.63, 3.8) is 0 Å².